The van der Waals surface area contributed by atoms with Crippen molar-refractivity contribution in [3.05, 3.63) is 46.8 Å². The lowest BCUT2D eigenvalue weighted by atomic mass is 10.1. The molecule has 1 aromatic carbocycles. The molecule has 0 radical (unpaired) electrons. The summed E-state index contributed by atoms with van der Waals surface area (Å²) in [6.07, 6.45) is 4.49. The van der Waals surface area contributed by atoms with Crippen LogP contribution >= 0.6 is 0 Å². The van der Waals surface area contributed by atoms with E-state index < -0.39 is 0 Å². The summed E-state index contributed by atoms with van der Waals surface area (Å²) < 4.78 is 0. The van der Waals surface area contributed by atoms with Gasteiger partial charge in [0.15, 0.2) is 0 Å². The first kappa shape index (κ1) is 12.6. The summed E-state index contributed by atoms with van der Waals surface area (Å²) in [7, 11) is 0. The molecule has 3 N–H and O–H groups in total. The Balaban J connectivity index is 1.58. The first-order chi connectivity index (χ1) is 10.2. The maximum atomic E-state index is 6.05. The zero-order valence-electron chi connectivity index (χ0n) is 12.3. The molecule has 4 nitrogen and oxygen atoms in total. The van der Waals surface area contributed by atoms with Gasteiger partial charge in [0, 0.05) is 17.5 Å². The smallest absolute Gasteiger partial charge is 0.136 e. The van der Waals surface area contributed by atoms with Gasteiger partial charge in [-0.1, -0.05) is 24.3 Å². The number of nitrogens with one attached hydrogen (secondary N) is 1. The molecule has 1 saturated carbocycles. The van der Waals surface area contributed by atoms with Crippen LogP contribution in [0.15, 0.2) is 24.3 Å². The van der Waals surface area contributed by atoms with Gasteiger partial charge in [-0.05, 0) is 43.7 Å². The van der Waals surface area contributed by atoms with Crippen LogP contribution in [0, 0.1) is 6.92 Å². The minimum Gasteiger partial charge on any atom is -0.383 e. The van der Waals surface area contributed by atoms with Gasteiger partial charge in [0.2, 0.25) is 0 Å². The average molecular weight is 280 g/mol. The predicted molar refractivity (Wildman–Crippen MR) is 84.4 cm³/mol. The lowest BCUT2D eigenvalue weighted by Gasteiger charge is -2.16. The number of nitrogens with zero attached hydrogens (tertiary/aromatic N) is 2. The van der Waals surface area contributed by atoms with Gasteiger partial charge in [-0.15, -0.1) is 0 Å². The van der Waals surface area contributed by atoms with E-state index in [1.807, 2.05) is 6.92 Å². The number of benzene rings is 1. The molecule has 2 aromatic rings. The van der Waals surface area contributed by atoms with Crippen molar-refractivity contribution in [2.45, 2.75) is 44.6 Å². The normalized spacial score (nSPS) is 17.8. The third kappa shape index (κ3) is 2.35. The molecule has 4 rings (SSSR count). The molecular formula is C17H20N4. The summed E-state index contributed by atoms with van der Waals surface area (Å²) in [6, 6.07) is 9.06. The number of fused-ring (bicyclic) bond motifs is 1. The summed E-state index contributed by atoms with van der Waals surface area (Å²) in [5.41, 5.74) is 9.91. The molecule has 1 aromatic heterocycles. The van der Waals surface area contributed by atoms with E-state index >= 15 is 0 Å². The maximum Gasteiger partial charge on any atom is 0.136 e. The van der Waals surface area contributed by atoms with Crippen molar-refractivity contribution in [3.8, 4) is 0 Å². The summed E-state index contributed by atoms with van der Waals surface area (Å²) >= 11 is 0. The van der Waals surface area contributed by atoms with Crippen molar-refractivity contribution >= 4 is 11.6 Å². The Morgan fingerprint density at radius 2 is 1.76 bits per heavy atom. The highest BCUT2D eigenvalue weighted by Gasteiger charge is 2.29. The van der Waals surface area contributed by atoms with Crippen LogP contribution in [-0.4, -0.2) is 16.0 Å². The monoisotopic (exact) mass is 280 g/mol. The fourth-order valence-corrected chi connectivity index (χ4v) is 3.07. The molecule has 0 bridgehead atoms. The minimum absolute atomic E-state index is 0.405. The second-order valence-electron chi connectivity index (χ2n) is 6.23. The van der Waals surface area contributed by atoms with Crippen LogP contribution in [0.4, 0.5) is 11.6 Å². The Hall–Kier alpha value is -2.10. The van der Waals surface area contributed by atoms with E-state index in [0.717, 1.165) is 30.0 Å². The quantitative estimate of drug-likeness (QED) is 0.907. The van der Waals surface area contributed by atoms with Crippen molar-refractivity contribution in [2.75, 3.05) is 11.1 Å². The molecule has 0 amide bonds. The van der Waals surface area contributed by atoms with Crippen LogP contribution in [0.5, 0.6) is 0 Å². The highest BCUT2D eigenvalue weighted by molar-refractivity contribution is 5.56. The summed E-state index contributed by atoms with van der Waals surface area (Å²) in [5.74, 6) is 2.97. The van der Waals surface area contributed by atoms with Gasteiger partial charge < -0.3 is 11.1 Å². The van der Waals surface area contributed by atoms with Crippen LogP contribution in [0.3, 0.4) is 0 Å². The first-order valence-electron chi connectivity index (χ1n) is 7.68. The zero-order valence-corrected chi connectivity index (χ0v) is 12.3. The number of aromatic nitrogens is 2. The number of rotatable bonds is 3. The van der Waals surface area contributed by atoms with E-state index in [2.05, 4.69) is 34.6 Å². The third-order valence-corrected chi connectivity index (χ3v) is 4.54. The third-order valence-electron chi connectivity index (χ3n) is 4.54. The van der Waals surface area contributed by atoms with Crippen molar-refractivity contribution < 1.29 is 0 Å². The summed E-state index contributed by atoms with van der Waals surface area (Å²) in [4.78, 5) is 9.16. The van der Waals surface area contributed by atoms with Crippen molar-refractivity contribution in [1.29, 1.82) is 0 Å². The zero-order chi connectivity index (χ0) is 14.4. The molecule has 0 aliphatic heterocycles. The number of hydrogen-bond acceptors (Lipinski definition) is 4. The Labute approximate surface area is 124 Å². The standard InChI is InChI=1S/C17H20N4/c1-10-15(18)20-17(11-6-7-11)21-16(10)19-14-8-12-4-2-3-5-13(12)9-14/h2-5,11,14H,6-9H2,1H3,(H3,18,19,20,21). The molecule has 2 aliphatic carbocycles. The number of anilines is 2. The lowest BCUT2D eigenvalue weighted by Crippen LogP contribution is -2.22. The van der Waals surface area contributed by atoms with Crippen LogP contribution < -0.4 is 11.1 Å². The molecule has 0 atom stereocenters. The SMILES string of the molecule is Cc1c(N)nc(C2CC2)nc1NC1Cc2ccccc2C1. The second kappa shape index (κ2) is 4.72. The fraction of sp³-hybridized carbons (Fsp3) is 0.412. The van der Waals surface area contributed by atoms with Crippen LogP contribution in [0.25, 0.3) is 0 Å². The molecule has 0 spiro atoms. The summed E-state index contributed by atoms with van der Waals surface area (Å²) in [6.45, 7) is 2.00. The Bertz CT molecular complexity index is 666. The van der Waals surface area contributed by atoms with Gasteiger partial charge in [0.1, 0.15) is 17.5 Å². The summed E-state index contributed by atoms with van der Waals surface area (Å²) in [5, 5.41) is 3.59. The highest BCUT2D eigenvalue weighted by Crippen LogP contribution is 2.39. The largest absolute Gasteiger partial charge is 0.383 e. The molecular weight excluding hydrogens is 260 g/mol. The molecule has 108 valence electrons. The minimum atomic E-state index is 0.405. The maximum absolute atomic E-state index is 6.05. The number of nitrogen functional groups attached to an aromatic ring is 1. The molecule has 4 heteroatoms. The Kier molecular flexibility index (Phi) is 2.84. The van der Waals surface area contributed by atoms with E-state index in [1.165, 1.54) is 24.0 Å². The molecule has 1 heterocycles. The topological polar surface area (TPSA) is 63.8 Å². The van der Waals surface area contributed by atoms with Crippen LogP contribution in [0.2, 0.25) is 0 Å². The van der Waals surface area contributed by atoms with Crippen molar-refractivity contribution in [3.63, 3.8) is 0 Å². The van der Waals surface area contributed by atoms with Gasteiger partial charge in [-0.2, -0.15) is 0 Å². The highest BCUT2D eigenvalue weighted by atomic mass is 15.1. The Morgan fingerprint density at radius 3 is 2.38 bits per heavy atom. The van der Waals surface area contributed by atoms with E-state index in [-0.39, 0.29) is 0 Å². The molecule has 2 aliphatic rings. The Morgan fingerprint density at radius 1 is 1.10 bits per heavy atom. The van der Waals surface area contributed by atoms with Crippen LogP contribution in [-0.2, 0) is 12.8 Å². The van der Waals surface area contributed by atoms with Gasteiger partial charge in [0.05, 0.1) is 0 Å². The van der Waals surface area contributed by atoms with Crippen molar-refractivity contribution in [2.24, 2.45) is 0 Å². The van der Waals surface area contributed by atoms with Crippen molar-refractivity contribution in [1.82, 2.24) is 9.97 Å². The molecule has 0 saturated heterocycles. The van der Waals surface area contributed by atoms with Crippen LogP contribution in [0.1, 0.15) is 41.3 Å². The first-order valence-corrected chi connectivity index (χ1v) is 7.68. The van der Waals surface area contributed by atoms with Gasteiger partial charge in [-0.25, -0.2) is 9.97 Å². The van der Waals surface area contributed by atoms with E-state index in [9.17, 15) is 0 Å². The van der Waals surface area contributed by atoms with E-state index in [0.29, 0.717) is 17.8 Å². The van der Waals surface area contributed by atoms with Gasteiger partial charge in [0.25, 0.3) is 0 Å². The van der Waals surface area contributed by atoms with E-state index in [4.69, 9.17) is 10.7 Å². The lowest BCUT2D eigenvalue weighted by molar-refractivity contribution is 0.762. The van der Waals surface area contributed by atoms with E-state index in [1.54, 1.807) is 0 Å². The van der Waals surface area contributed by atoms with Gasteiger partial charge >= 0.3 is 0 Å². The average Bonchev–Trinajstić information content (AvgIpc) is 3.24. The molecule has 1 fully saturated rings. The second-order valence-corrected chi connectivity index (χ2v) is 6.23. The number of nitrogens with two attached hydrogens (primary N) is 1. The van der Waals surface area contributed by atoms with Gasteiger partial charge in [-0.3, -0.25) is 0 Å². The predicted octanol–water partition coefficient (Wildman–Crippen LogP) is 2.82. The number of hydrogen-bond donors (Lipinski definition) is 2. The molecule has 21 heavy (non-hydrogen) atoms. The molecule has 0 unspecified atom stereocenters. The fourth-order valence-electron chi connectivity index (χ4n) is 3.07.